The van der Waals surface area contributed by atoms with Crippen molar-refractivity contribution in [3.05, 3.63) is 35.4 Å². The smallest absolute Gasteiger partial charge is 0.226 e. The highest BCUT2D eigenvalue weighted by atomic mass is 16.2. The van der Waals surface area contributed by atoms with E-state index in [1.54, 1.807) is 0 Å². The summed E-state index contributed by atoms with van der Waals surface area (Å²) in [5, 5.41) is 0. The molecule has 1 aliphatic heterocycles. The van der Waals surface area contributed by atoms with Crippen molar-refractivity contribution in [2.45, 2.75) is 64.5 Å². The van der Waals surface area contributed by atoms with E-state index in [0.29, 0.717) is 23.9 Å². The number of benzene rings is 1. The lowest BCUT2D eigenvalue weighted by Gasteiger charge is -2.37. The van der Waals surface area contributed by atoms with Crippen molar-refractivity contribution in [2.75, 3.05) is 19.6 Å². The molecule has 1 aromatic carbocycles. The first-order chi connectivity index (χ1) is 12.1. The Balaban J connectivity index is 1.45. The topological polar surface area (TPSA) is 23.6 Å². The average Bonchev–Trinajstić information content (AvgIpc) is 3.35. The van der Waals surface area contributed by atoms with Crippen molar-refractivity contribution in [3.63, 3.8) is 0 Å². The molecule has 3 aliphatic rings. The second kappa shape index (κ2) is 7.11. The van der Waals surface area contributed by atoms with E-state index in [1.807, 2.05) is 0 Å². The number of amides is 1. The summed E-state index contributed by atoms with van der Waals surface area (Å²) >= 11 is 0. The Hall–Kier alpha value is -1.35. The molecule has 0 aromatic heterocycles. The fraction of sp³-hybridized carbons (Fsp3) is 0.682. The molecule has 0 unspecified atom stereocenters. The third-order valence-electron chi connectivity index (χ3n) is 6.19. The number of aryl methyl sites for hydroxylation is 1. The zero-order valence-corrected chi connectivity index (χ0v) is 15.8. The first-order valence-electron chi connectivity index (χ1n) is 10.3. The van der Waals surface area contributed by atoms with E-state index in [9.17, 15) is 4.79 Å². The predicted octanol–water partition coefficient (Wildman–Crippen LogP) is 4.03. The van der Waals surface area contributed by atoms with Crippen LogP contribution in [0.15, 0.2) is 24.3 Å². The first kappa shape index (κ1) is 17.1. The number of likely N-dealkylation sites (tertiary alicyclic amines) is 1. The van der Waals surface area contributed by atoms with Gasteiger partial charge in [0, 0.05) is 18.5 Å². The van der Waals surface area contributed by atoms with E-state index in [4.69, 9.17) is 0 Å². The van der Waals surface area contributed by atoms with Gasteiger partial charge in [-0.25, -0.2) is 0 Å². The number of carbonyl (C=O) groups excluding carboxylic acids is 1. The van der Waals surface area contributed by atoms with Crippen LogP contribution >= 0.6 is 0 Å². The zero-order valence-electron chi connectivity index (χ0n) is 15.8. The van der Waals surface area contributed by atoms with Crippen LogP contribution in [0.3, 0.4) is 0 Å². The third kappa shape index (κ3) is 3.62. The molecule has 25 heavy (non-hydrogen) atoms. The number of fused-ring (bicyclic) bond motifs is 1. The second-order valence-electron chi connectivity index (χ2n) is 8.70. The van der Waals surface area contributed by atoms with Gasteiger partial charge in [-0.2, -0.15) is 0 Å². The van der Waals surface area contributed by atoms with E-state index in [2.05, 4.69) is 47.9 Å². The monoisotopic (exact) mass is 340 g/mol. The van der Waals surface area contributed by atoms with Crippen molar-refractivity contribution in [3.8, 4) is 0 Å². The average molecular weight is 341 g/mol. The molecule has 1 saturated carbocycles. The van der Waals surface area contributed by atoms with Crippen LogP contribution in [-0.2, 0) is 11.2 Å². The van der Waals surface area contributed by atoms with Gasteiger partial charge in [0.1, 0.15) is 0 Å². The molecular weight excluding hydrogens is 308 g/mol. The number of piperidine rings is 1. The van der Waals surface area contributed by atoms with Gasteiger partial charge >= 0.3 is 0 Å². The highest BCUT2D eigenvalue weighted by Gasteiger charge is 2.42. The molecule has 2 aliphatic carbocycles. The molecular formula is C22H32N2O. The molecule has 1 amide bonds. The van der Waals surface area contributed by atoms with Crippen molar-refractivity contribution in [1.82, 2.24) is 9.80 Å². The molecule has 136 valence electrons. The lowest BCUT2D eigenvalue weighted by molar-refractivity contribution is -0.140. The van der Waals surface area contributed by atoms with Crippen molar-refractivity contribution in [2.24, 2.45) is 11.8 Å². The Morgan fingerprint density at radius 3 is 2.52 bits per heavy atom. The maximum Gasteiger partial charge on any atom is 0.226 e. The molecule has 0 spiro atoms. The second-order valence-corrected chi connectivity index (χ2v) is 8.70. The highest BCUT2D eigenvalue weighted by Crippen LogP contribution is 2.43. The summed E-state index contributed by atoms with van der Waals surface area (Å²) in [6.07, 6.45) is 6.75. The zero-order chi connectivity index (χ0) is 17.4. The molecule has 4 rings (SSSR count). The van der Waals surface area contributed by atoms with Gasteiger partial charge in [-0.15, -0.1) is 0 Å². The Morgan fingerprint density at radius 2 is 1.84 bits per heavy atom. The van der Waals surface area contributed by atoms with Crippen LogP contribution in [0.2, 0.25) is 0 Å². The molecule has 3 nitrogen and oxygen atoms in total. The van der Waals surface area contributed by atoms with Crippen LogP contribution in [0, 0.1) is 11.8 Å². The SMILES string of the molecule is CC(C)CN1CCC(C(=O)N(C2CC2)[C@H]2CCc3ccccc32)CC1. The van der Waals surface area contributed by atoms with Crippen LogP contribution in [0.5, 0.6) is 0 Å². The fourth-order valence-electron chi connectivity index (χ4n) is 4.85. The molecule has 1 atom stereocenters. The molecule has 3 heteroatoms. The summed E-state index contributed by atoms with van der Waals surface area (Å²) in [4.78, 5) is 18.3. The fourth-order valence-corrected chi connectivity index (χ4v) is 4.85. The summed E-state index contributed by atoms with van der Waals surface area (Å²) < 4.78 is 0. The van der Waals surface area contributed by atoms with Gasteiger partial charge < -0.3 is 9.80 Å². The Bertz CT molecular complexity index is 614. The van der Waals surface area contributed by atoms with Gasteiger partial charge in [0.15, 0.2) is 0 Å². The molecule has 0 bridgehead atoms. The number of carbonyl (C=O) groups is 1. The Labute approximate surface area is 152 Å². The molecule has 0 radical (unpaired) electrons. The minimum Gasteiger partial charge on any atom is -0.332 e. The summed E-state index contributed by atoms with van der Waals surface area (Å²) in [7, 11) is 0. The lowest BCUT2D eigenvalue weighted by atomic mass is 9.93. The largest absolute Gasteiger partial charge is 0.332 e. The third-order valence-corrected chi connectivity index (χ3v) is 6.19. The summed E-state index contributed by atoms with van der Waals surface area (Å²) in [5.41, 5.74) is 2.87. The van der Waals surface area contributed by atoms with Crippen LogP contribution in [-0.4, -0.2) is 41.4 Å². The van der Waals surface area contributed by atoms with Gasteiger partial charge in [-0.3, -0.25) is 4.79 Å². The molecule has 1 saturated heterocycles. The Morgan fingerprint density at radius 1 is 1.12 bits per heavy atom. The minimum atomic E-state index is 0.247. The van der Waals surface area contributed by atoms with Crippen LogP contribution in [0.1, 0.15) is 63.1 Å². The van der Waals surface area contributed by atoms with E-state index >= 15 is 0 Å². The van der Waals surface area contributed by atoms with E-state index in [1.165, 1.54) is 30.5 Å². The molecule has 2 fully saturated rings. The van der Waals surface area contributed by atoms with Crippen molar-refractivity contribution in [1.29, 1.82) is 0 Å². The number of rotatable bonds is 5. The maximum absolute atomic E-state index is 13.4. The Kier molecular flexibility index (Phi) is 4.86. The van der Waals surface area contributed by atoms with E-state index in [-0.39, 0.29) is 5.92 Å². The standard InChI is InChI=1S/C22H32N2O/c1-16(2)15-23-13-11-18(12-14-23)22(25)24(19-8-9-19)21-10-7-17-5-3-4-6-20(17)21/h3-6,16,18-19,21H,7-15H2,1-2H3/t21-/m0/s1. The van der Waals surface area contributed by atoms with Crippen LogP contribution in [0.25, 0.3) is 0 Å². The minimum absolute atomic E-state index is 0.247. The predicted molar refractivity (Wildman–Crippen MR) is 101 cm³/mol. The summed E-state index contributed by atoms with van der Waals surface area (Å²) in [6, 6.07) is 9.62. The molecule has 1 aromatic rings. The van der Waals surface area contributed by atoms with E-state index in [0.717, 1.165) is 38.8 Å². The number of nitrogens with zero attached hydrogens (tertiary/aromatic N) is 2. The van der Waals surface area contributed by atoms with Crippen molar-refractivity contribution < 1.29 is 4.79 Å². The number of hydrogen-bond donors (Lipinski definition) is 0. The highest BCUT2D eigenvalue weighted by molar-refractivity contribution is 5.80. The lowest BCUT2D eigenvalue weighted by Crippen LogP contribution is -2.45. The van der Waals surface area contributed by atoms with Gasteiger partial charge in [-0.05, 0) is 68.7 Å². The maximum atomic E-state index is 13.4. The normalized spacial score (nSPS) is 24.5. The summed E-state index contributed by atoms with van der Waals surface area (Å²) in [6.45, 7) is 7.92. The van der Waals surface area contributed by atoms with Crippen LogP contribution in [0.4, 0.5) is 0 Å². The molecule has 0 N–H and O–H groups in total. The molecule has 1 heterocycles. The van der Waals surface area contributed by atoms with E-state index < -0.39 is 0 Å². The van der Waals surface area contributed by atoms with Gasteiger partial charge in [0.25, 0.3) is 0 Å². The van der Waals surface area contributed by atoms with Gasteiger partial charge in [-0.1, -0.05) is 38.1 Å². The van der Waals surface area contributed by atoms with Gasteiger partial charge in [0.05, 0.1) is 6.04 Å². The summed E-state index contributed by atoms with van der Waals surface area (Å²) in [5.74, 6) is 1.41. The number of hydrogen-bond acceptors (Lipinski definition) is 2. The first-order valence-corrected chi connectivity index (χ1v) is 10.3. The van der Waals surface area contributed by atoms with Gasteiger partial charge in [0.2, 0.25) is 5.91 Å². The van der Waals surface area contributed by atoms with Crippen LogP contribution < -0.4 is 0 Å². The quantitative estimate of drug-likeness (QED) is 0.808. The van der Waals surface area contributed by atoms with Crippen molar-refractivity contribution >= 4 is 5.91 Å².